The number of amides is 2. The lowest BCUT2D eigenvalue weighted by Gasteiger charge is -2.35. The molecule has 3 aromatic carbocycles. The van der Waals surface area contributed by atoms with Gasteiger partial charge in [-0.25, -0.2) is 9.07 Å². The summed E-state index contributed by atoms with van der Waals surface area (Å²) >= 11 is 0. The molecule has 0 saturated heterocycles. The van der Waals surface area contributed by atoms with Crippen LogP contribution in [0.3, 0.4) is 0 Å². The minimum absolute atomic E-state index is 0.197. The van der Waals surface area contributed by atoms with Crippen LogP contribution in [0.2, 0.25) is 0 Å². The highest BCUT2D eigenvalue weighted by atomic mass is 19.1. The van der Waals surface area contributed by atoms with Crippen molar-refractivity contribution in [2.75, 3.05) is 19.1 Å². The molecule has 0 aliphatic heterocycles. The van der Waals surface area contributed by atoms with Crippen molar-refractivity contribution in [3.05, 3.63) is 78.1 Å². The maximum Gasteiger partial charge on any atom is 0.249 e. The van der Waals surface area contributed by atoms with Crippen molar-refractivity contribution in [3.63, 3.8) is 0 Å². The first-order valence-electron chi connectivity index (χ1n) is 12.6. The molecule has 0 bridgehead atoms. The number of anilines is 1. The molecule has 204 valence electrons. The molecule has 9 nitrogen and oxygen atoms in total. The molecule has 4 aromatic rings. The molecule has 10 heteroatoms. The molecule has 1 aromatic heterocycles. The molecule has 39 heavy (non-hydrogen) atoms. The second kappa shape index (κ2) is 11.5. The van der Waals surface area contributed by atoms with Gasteiger partial charge in [-0.15, -0.1) is 5.10 Å². The van der Waals surface area contributed by atoms with Gasteiger partial charge in [-0.3, -0.25) is 14.5 Å². The van der Waals surface area contributed by atoms with Gasteiger partial charge in [0.05, 0.1) is 19.7 Å². The fourth-order valence-electron chi connectivity index (χ4n) is 4.20. The van der Waals surface area contributed by atoms with E-state index in [0.717, 1.165) is 0 Å². The second-order valence-corrected chi connectivity index (χ2v) is 9.72. The van der Waals surface area contributed by atoms with Crippen LogP contribution in [0.1, 0.15) is 38.8 Å². The Labute approximate surface area is 226 Å². The summed E-state index contributed by atoms with van der Waals surface area (Å²) in [6, 6.07) is 16.7. The number of benzene rings is 3. The Morgan fingerprint density at radius 3 is 2.38 bits per heavy atom. The smallest absolute Gasteiger partial charge is 0.249 e. The largest absolute Gasteiger partial charge is 0.493 e. The van der Waals surface area contributed by atoms with Crippen LogP contribution in [0, 0.1) is 5.82 Å². The van der Waals surface area contributed by atoms with Crippen molar-refractivity contribution in [2.45, 2.75) is 45.3 Å². The normalized spacial score (nSPS) is 12.2. The zero-order valence-corrected chi connectivity index (χ0v) is 22.6. The Hall–Kier alpha value is -4.47. The van der Waals surface area contributed by atoms with Crippen molar-refractivity contribution < 1.29 is 23.5 Å². The van der Waals surface area contributed by atoms with Gasteiger partial charge in [0.2, 0.25) is 11.8 Å². The number of para-hydroxylation sites is 1. The quantitative estimate of drug-likeness (QED) is 0.318. The molecule has 1 heterocycles. The van der Waals surface area contributed by atoms with Gasteiger partial charge in [0, 0.05) is 17.3 Å². The molecule has 4 rings (SSSR count). The van der Waals surface area contributed by atoms with Gasteiger partial charge >= 0.3 is 0 Å². The number of halogens is 1. The third kappa shape index (κ3) is 6.00. The summed E-state index contributed by atoms with van der Waals surface area (Å²) in [5.41, 5.74) is 1.59. The van der Waals surface area contributed by atoms with Gasteiger partial charge in [-0.05, 0) is 62.2 Å². The lowest BCUT2D eigenvalue weighted by molar-refractivity contribution is -0.128. The predicted molar refractivity (Wildman–Crippen MR) is 146 cm³/mol. The number of nitrogens with zero attached hydrogens (tertiary/aromatic N) is 4. The minimum Gasteiger partial charge on any atom is -0.493 e. The molecular weight excluding hydrogens is 501 g/mol. The Morgan fingerprint density at radius 1 is 1.03 bits per heavy atom. The summed E-state index contributed by atoms with van der Waals surface area (Å²) in [6.45, 7) is 5.56. The highest BCUT2D eigenvalue weighted by Gasteiger charge is 2.36. The number of nitrogens with one attached hydrogen (secondary N) is 1. The molecule has 0 saturated carbocycles. The SMILES string of the molecule is CCC(C)(C)NC(=O)[C@H](c1ccc(F)cc1)N(C(=O)Cn1nnc2ccccc21)c1ccc(OC)c(OC)c1. The number of carbonyl (C=O) groups excluding carboxylic acids is 2. The van der Waals surface area contributed by atoms with Crippen LogP contribution in [-0.4, -0.2) is 46.6 Å². The molecule has 0 unspecified atom stereocenters. The van der Waals surface area contributed by atoms with Crippen LogP contribution < -0.4 is 19.7 Å². The number of hydrogen-bond donors (Lipinski definition) is 1. The standard InChI is InChI=1S/C29H32FN5O4/c1-6-29(2,3)31-28(37)27(19-11-13-20(30)14-12-19)35(21-15-16-24(38-4)25(17-21)39-5)26(36)18-34-23-10-8-7-9-22(23)32-33-34/h7-17,27H,6,18H2,1-5H3,(H,31,37)/t27-/m0/s1. The van der Waals surface area contributed by atoms with E-state index in [2.05, 4.69) is 15.6 Å². The van der Waals surface area contributed by atoms with Gasteiger partial charge in [-0.1, -0.05) is 36.4 Å². The van der Waals surface area contributed by atoms with E-state index >= 15 is 0 Å². The fourth-order valence-corrected chi connectivity index (χ4v) is 4.20. The van der Waals surface area contributed by atoms with Crippen LogP contribution in [0.15, 0.2) is 66.7 Å². The number of rotatable bonds is 10. The van der Waals surface area contributed by atoms with Crippen molar-refractivity contribution in [2.24, 2.45) is 0 Å². The molecule has 1 atom stereocenters. The lowest BCUT2D eigenvalue weighted by atomic mass is 9.98. The number of carbonyl (C=O) groups is 2. The lowest BCUT2D eigenvalue weighted by Crippen LogP contribution is -2.51. The number of aromatic nitrogens is 3. The van der Waals surface area contributed by atoms with E-state index in [-0.39, 0.29) is 6.54 Å². The van der Waals surface area contributed by atoms with E-state index < -0.39 is 29.2 Å². The van der Waals surface area contributed by atoms with Gasteiger partial charge in [0.25, 0.3) is 0 Å². The first kappa shape index (κ1) is 27.6. The molecule has 0 spiro atoms. The van der Waals surface area contributed by atoms with Gasteiger partial charge in [0.15, 0.2) is 11.5 Å². The summed E-state index contributed by atoms with van der Waals surface area (Å²) in [5, 5.41) is 11.4. The highest BCUT2D eigenvalue weighted by Crippen LogP contribution is 2.36. The molecule has 1 N–H and O–H groups in total. The maximum absolute atomic E-state index is 14.1. The molecular formula is C29H32FN5O4. The molecule has 0 radical (unpaired) electrons. The number of ether oxygens (including phenoxy) is 2. The van der Waals surface area contributed by atoms with Gasteiger partial charge < -0.3 is 14.8 Å². The predicted octanol–water partition coefficient (Wildman–Crippen LogP) is 4.67. The van der Waals surface area contributed by atoms with E-state index in [1.165, 1.54) is 48.1 Å². The Bertz CT molecular complexity index is 1470. The fraction of sp³-hybridized carbons (Fsp3) is 0.310. The zero-order valence-electron chi connectivity index (χ0n) is 22.6. The molecule has 0 aliphatic rings. The van der Waals surface area contributed by atoms with Crippen molar-refractivity contribution in [3.8, 4) is 11.5 Å². The van der Waals surface area contributed by atoms with Crippen LogP contribution in [0.25, 0.3) is 11.0 Å². The monoisotopic (exact) mass is 533 g/mol. The van der Waals surface area contributed by atoms with Crippen LogP contribution in [-0.2, 0) is 16.1 Å². The van der Waals surface area contributed by atoms with E-state index in [4.69, 9.17) is 9.47 Å². The molecule has 2 amide bonds. The maximum atomic E-state index is 14.1. The molecule has 0 fully saturated rings. The number of fused-ring (bicyclic) bond motifs is 1. The summed E-state index contributed by atoms with van der Waals surface area (Å²) in [6.07, 6.45) is 0.657. The van der Waals surface area contributed by atoms with Crippen molar-refractivity contribution >= 4 is 28.5 Å². The third-order valence-corrected chi connectivity index (χ3v) is 6.66. The first-order chi connectivity index (χ1) is 18.7. The second-order valence-electron chi connectivity index (χ2n) is 9.72. The summed E-state index contributed by atoms with van der Waals surface area (Å²) in [7, 11) is 3.00. The average molecular weight is 534 g/mol. The van der Waals surface area contributed by atoms with Crippen LogP contribution in [0.4, 0.5) is 10.1 Å². The first-order valence-corrected chi connectivity index (χ1v) is 12.6. The topological polar surface area (TPSA) is 98.6 Å². The zero-order chi connectivity index (χ0) is 28.2. The van der Waals surface area contributed by atoms with Crippen molar-refractivity contribution in [1.29, 1.82) is 0 Å². The third-order valence-electron chi connectivity index (χ3n) is 6.66. The minimum atomic E-state index is -1.13. The van der Waals surface area contributed by atoms with Crippen molar-refractivity contribution in [1.82, 2.24) is 20.3 Å². The van der Waals surface area contributed by atoms with Crippen LogP contribution in [0.5, 0.6) is 11.5 Å². The number of hydrogen-bond acceptors (Lipinski definition) is 6. The van der Waals surface area contributed by atoms with E-state index in [1.54, 1.807) is 24.3 Å². The Morgan fingerprint density at radius 2 is 1.72 bits per heavy atom. The van der Waals surface area contributed by atoms with Gasteiger partial charge in [-0.2, -0.15) is 0 Å². The van der Waals surface area contributed by atoms with Crippen LogP contribution >= 0.6 is 0 Å². The Kier molecular flexibility index (Phi) is 8.13. The average Bonchev–Trinajstić information content (AvgIpc) is 3.34. The summed E-state index contributed by atoms with van der Waals surface area (Å²) < 4.78 is 26.3. The Balaban J connectivity index is 1.86. The van der Waals surface area contributed by atoms with E-state index in [1.807, 2.05) is 39.0 Å². The van der Waals surface area contributed by atoms with Gasteiger partial charge in [0.1, 0.15) is 23.9 Å². The van der Waals surface area contributed by atoms with E-state index in [0.29, 0.717) is 40.2 Å². The number of methoxy groups -OCH3 is 2. The van der Waals surface area contributed by atoms with E-state index in [9.17, 15) is 14.0 Å². The summed E-state index contributed by atoms with van der Waals surface area (Å²) in [5.74, 6) is -0.460. The summed E-state index contributed by atoms with van der Waals surface area (Å²) in [4.78, 5) is 29.4. The molecule has 0 aliphatic carbocycles. The highest BCUT2D eigenvalue weighted by molar-refractivity contribution is 6.02.